The van der Waals surface area contributed by atoms with Gasteiger partial charge in [-0.2, -0.15) is 0 Å². The van der Waals surface area contributed by atoms with Gasteiger partial charge in [0.2, 0.25) is 11.7 Å². The second-order valence-electron chi connectivity index (χ2n) is 12.7. The van der Waals surface area contributed by atoms with Crippen LogP contribution in [0, 0.1) is 5.41 Å². The molecule has 1 aliphatic rings. The largest absolute Gasteiger partial charge is 0.493 e. The molecular weight excluding hydrogens is 630 g/mol. The van der Waals surface area contributed by atoms with E-state index in [1.165, 1.54) is 4.90 Å². The van der Waals surface area contributed by atoms with Crippen LogP contribution < -0.4 is 20.5 Å². The van der Waals surface area contributed by atoms with Crippen molar-refractivity contribution in [2.45, 2.75) is 77.9 Å². The van der Waals surface area contributed by atoms with E-state index >= 15 is 0 Å². The van der Waals surface area contributed by atoms with Crippen LogP contribution in [-0.4, -0.2) is 88.2 Å². The van der Waals surface area contributed by atoms with Gasteiger partial charge in [0.1, 0.15) is 12.1 Å². The Morgan fingerprint density at radius 2 is 1.69 bits per heavy atom. The van der Waals surface area contributed by atoms with E-state index < -0.39 is 35.2 Å². The standard InChI is InChI=1S/C37H53N3O9/c1-6-37(2,3)34(42)35(43)40-19-8-7-12-29(40)36(44)49-30(15-13-26-14-16-31(45-4)32(24-26)46-5)27-10-9-11-28(25-27)39-33(41)17-20-47-22-23-48-21-18-38/h9-11,14,16,24-25,29-30H,6-8,12-13,15,17-23,38H2,1-5H3,(H,39,41)/t29-,30+/m0/s1. The van der Waals surface area contributed by atoms with Gasteiger partial charge in [0.15, 0.2) is 11.5 Å². The molecule has 0 unspecified atom stereocenters. The lowest BCUT2D eigenvalue weighted by Gasteiger charge is -2.36. The number of likely N-dealkylation sites (tertiary alicyclic amines) is 1. The van der Waals surface area contributed by atoms with Crippen LogP contribution in [0.25, 0.3) is 0 Å². The number of hydrogen-bond donors (Lipinski definition) is 2. The second kappa shape index (κ2) is 19.9. The first kappa shape index (κ1) is 39.4. The summed E-state index contributed by atoms with van der Waals surface area (Å²) in [4.78, 5) is 54.4. The topological polar surface area (TPSA) is 156 Å². The zero-order chi connectivity index (χ0) is 35.8. The minimum absolute atomic E-state index is 0.151. The normalized spacial score (nSPS) is 15.3. The van der Waals surface area contributed by atoms with Crippen molar-refractivity contribution in [1.82, 2.24) is 4.90 Å². The first-order valence-corrected chi connectivity index (χ1v) is 17.1. The predicted octanol–water partition coefficient (Wildman–Crippen LogP) is 4.63. The SMILES string of the molecule is CCC(C)(C)C(=O)C(=O)N1CCCC[C@H]1C(=O)O[C@H](CCc1ccc(OC)c(OC)c1)c1cccc(NC(=O)CCOCCOCCN)c1. The third-order valence-electron chi connectivity index (χ3n) is 8.78. The number of anilines is 1. The number of rotatable bonds is 20. The lowest BCUT2D eigenvalue weighted by molar-refractivity contribution is -0.164. The number of esters is 1. The molecule has 3 rings (SSSR count). The number of carbonyl (C=O) groups is 4. The molecule has 0 aliphatic carbocycles. The Hall–Kier alpha value is -4.00. The van der Waals surface area contributed by atoms with Crippen molar-refractivity contribution in [3.63, 3.8) is 0 Å². The van der Waals surface area contributed by atoms with E-state index in [9.17, 15) is 19.2 Å². The number of nitrogens with one attached hydrogen (secondary N) is 1. The highest BCUT2D eigenvalue weighted by atomic mass is 16.5. The van der Waals surface area contributed by atoms with Crippen molar-refractivity contribution in [1.29, 1.82) is 0 Å². The van der Waals surface area contributed by atoms with Crippen molar-refractivity contribution >= 4 is 29.3 Å². The van der Waals surface area contributed by atoms with Crippen LogP contribution in [0.1, 0.15) is 76.5 Å². The molecule has 270 valence electrons. The summed E-state index contributed by atoms with van der Waals surface area (Å²) in [7, 11) is 3.14. The number of ketones is 1. The summed E-state index contributed by atoms with van der Waals surface area (Å²) in [5.41, 5.74) is 6.73. The highest BCUT2D eigenvalue weighted by molar-refractivity contribution is 6.38. The van der Waals surface area contributed by atoms with Crippen LogP contribution >= 0.6 is 0 Å². The Morgan fingerprint density at radius 1 is 0.959 bits per heavy atom. The molecule has 1 heterocycles. The molecule has 0 spiro atoms. The molecule has 12 heteroatoms. The summed E-state index contributed by atoms with van der Waals surface area (Å²) in [5, 5.41) is 2.89. The molecule has 49 heavy (non-hydrogen) atoms. The molecule has 3 N–H and O–H groups in total. The highest BCUT2D eigenvalue weighted by Crippen LogP contribution is 2.32. The number of methoxy groups -OCH3 is 2. The Morgan fingerprint density at radius 3 is 2.39 bits per heavy atom. The number of piperidine rings is 1. The van der Waals surface area contributed by atoms with Crippen molar-refractivity contribution in [2.75, 3.05) is 59.1 Å². The second-order valence-corrected chi connectivity index (χ2v) is 12.7. The Kier molecular flexibility index (Phi) is 16.0. The van der Waals surface area contributed by atoms with Crippen LogP contribution in [-0.2, 0) is 39.8 Å². The van der Waals surface area contributed by atoms with Gasteiger partial charge < -0.3 is 39.6 Å². The van der Waals surface area contributed by atoms with Crippen LogP contribution in [0.15, 0.2) is 42.5 Å². The van der Waals surface area contributed by atoms with Crippen LogP contribution in [0.5, 0.6) is 11.5 Å². The molecule has 1 fully saturated rings. The third kappa shape index (κ3) is 11.8. The van der Waals surface area contributed by atoms with Gasteiger partial charge in [-0.25, -0.2) is 4.79 Å². The van der Waals surface area contributed by atoms with Crippen molar-refractivity contribution < 1.29 is 42.9 Å². The van der Waals surface area contributed by atoms with E-state index in [-0.39, 0.29) is 18.9 Å². The third-order valence-corrected chi connectivity index (χ3v) is 8.78. The smallest absolute Gasteiger partial charge is 0.329 e. The number of benzene rings is 2. The van der Waals surface area contributed by atoms with Gasteiger partial charge in [-0.1, -0.05) is 39.0 Å². The number of hydrogen-bond acceptors (Lipinski definition) is 10. The highest BCUT2D eigenvalue weighted by Gasteiger charge is 2.41. The van der Waals surface area contributed by atoms with Gasteiger partial charge >= 0.3 is 5.97 Å². The van der Waals surface area contributed by atoms with Gasteiger partial charge in [0.05, 0.1) is 47.1 Å². The molecule has 1 aliphatic heterocycles. The van der Waals surface area contributed by atoms with Gasteiger partial charge in [-0.15, -0.1) is 0 Å². The molecule has 2 aromatic rings. The minimum atomic E-state index is -0.870. The Balaban J connectivity index is 1.79. The first-order valence-electron chi connectivity index (χ1n) is 17.1. The lowest BCUT2D eigenvalue weighted by atomic mass is 9.84. The maximum absolute atomic E-state index is 13.9. The first-order chi connectivity index (χ1) is 23.5. The monoisotopic (exact) mass is 683 g/mol. The van der Waals surface area contributed by atoms with Gasteiger partial charge in [0.25, 0.3) is 5.91 Å². The molecule has 0 saturated carbocycles. The van der Waals surface area contributed by atoms with E-state index in [1.807, 2.05) is 31.2 Å². The molecular formula is C37H53N3O9. The van der Waals surface area contributed by atoms with E-state index in [0.29, 0.717) is 87.8 Å². The van der Waals surface area contributed by atoms with Crippen LogP contribution in [0.2, 0.25) is 0 Å². The number of carbonyl (C=O) groups excluding carboxylic acids is 4. The Labute approximate surface area is 289 Å². The molecule has 0 radical (unpaired) electrons. The van der Waals surface area contributed by atoms with Crippen molar-refractivity contribution in [3.05, 3.63) is 53.6 Å². The minimum Gasteiger partial charge on any atom is -0.493 e. The average Bonchev–Trinajstić information content (AvgIpc) is 3.12. The number of aryl methyl sites for hydroxylation is 1. The maximum Gasteiger partial charge on any atom is 0.329 e. The Bertz CT molecular complexity index is 1400. The number of nitrogens with two attached hydrogens (primary N) is 1. The van der Waals surface area contributed by atoms with Crippen molar-refractivity contribution in [3.8, 4) is 11.5 Å². The summed E-state index contributed by atoms with van der Waals surface area (Å²) in [6, 6.07) is 11.9. The van der Waals surface area contributed by atoms with E-state index in [1.54, 1.807) is 46.3 Å². The molecule has 2 aromatic carbocycles. The van der Waals surface area contributed by atoms with Gasteiger partial charge in [0, 0.05) is 24.2 Å². The van der Waals surface area contributed by atoms with Gasteiger partial charge in [-0.05, 0) is 73.9 Å². The zero-order valence-electron chi connectivity index (χ0n) is 29.6. The quantitative estimate of drug-likeness (QED) is 0.115. The fraction of sp³-hybridized carbons (Fsp3) is 0.568. The maximum atomic E-state index is 13.9. The fourth-order valence-electron chi connectivity index (χ4n) is 5.46. The van der Waals surface area contributed by atoms with Crippen LogP contribution in [0.3, 0.4) is 0 Å². The molecule has 12 nitrogen and oxygen atoms in total. The summed E-state index contributed by atoms with van der Waals surface area (Å²) >= 11 is 0. The molecule has 0 bridgehead atoms. The van der Waals surface area contributed by atoms with Gasteiger partial charge in [-0.3, -0.25) is 14.4 Å². The van der Waals surface area contributed by atoms with E-state index in [2.05, 4.69) is 5.32 Å². The lowest BCUT2D eigenvalue weighted by Crippen LogP contribution is -2.53. The molecule has 0 aromatic heterocycles. The summed E-state index contributed by atoms with van der Waals surface area (Å²) in [6.45, 7) is 7.56. The van der Waals surface area contributed by atoms with E-state index in [0.717, 1.165) is 12.0 Å². The number of amides is 2. The number of Topliss-reactive ketones (excluding diaryl/α,β-unsaturated/α-hetero) is 1. The number of nitrogens with zero attached hydrogens (tertiary/aromatic N) is 1. The summed E-state index contributed by atoms with van der Waals surface area (Å²) in [6.07, 6.45) is 2.71. The molecule has 2 atom stereocenters. The van der Waals surface area contributed by atoms with Crippen LogP contribution in [0.4, 0.5) is 5.69 Å². The van der Waals surface area contributed by atoms with Crippen molar-refractivity contribution in [2.24, 2.45) is 11.1 Å². The number of ether oxygens (including phenoxy) is 5. The summed E-state index contributed by atoms with van der Waals surface area (Å²) in [5.74, 6) is -0.753. The molecule has 2 amide bonds. The average molecular weight is 684 g/mol. The fourth-order valence-corrected chi connectivity index (χ4v) is 5.46. The zero-order valence-corrected chi connectivity index (χ0v) is 29.6. The van der Waals surface area contributed by atoms with E-state index in [4.69, 9.17) is 29.4 Å². The molecule has 1 saturated heterocycles. The summed E-state index contributed by atoms with van der Waals surface area (Å²) < 4.78 is 27.8. The predicted molar refractivity (Wildman–Crippen MR) is 186 cm³/mol.